The molecule has 248 valence electrons. The van der Waals surface area contributed by atoms with Crippen LogP contribution < -0.4 is 10.2 Å². The van der Waals surface area contributed by atoms with E-state index in [1.54, 1.807) is 11.1 Å². The molecule has 10 atom stereocenters. The van der Waals surface area contributed by atoms with Crippen molar-refractivity contribution >= 4 is 22.1 Å². The smallest absolute Gasteiger partial charge is 0.550 e. The SMILES string of the molecule is CC(C)C1CC[C@H]2C(=CCC3[C@](C)(C(=O)[O-])CCC[C@@]32C)C1.CC(C)C1CC[C@H]2C(=CCC3[C@](C)(C(=O)[O-])CCC[C@@]32C)C1.[Be+2]. The Kier molecular flexibility index (Phi) is 10.7. The summed E-state index contributed by atoms with van der Waals surface area (Å²) >= 11 is 0. The fourth-order valence-electron chi connectivity index (χ4n) is 12.1. The number of rotatable bonds is 4. The largest absolute Gasteiger partial charge is 2.00 e. The van der Waals surface area contributed by atoms with Gasteiger partial charge in [-0.05, 0) is 135 Å². The Labute approximate surface area is 278 Å². The van der Waals surface area contributed by atoms with E-state index in [9.17, 15) is 19.8 Å². The van der Waals surface area contributed by atoms with Gasteiger partial charge in [0.1, 0.15) is 0 Å². The Hall–Kier alpha value is -1.41. The van der Waals surface area contributed by atoms with Gasteiger partial charge < -0.3 is 19.8 Å². The molecule has 0 heterocycles. The van der Waals surface area contributed by atoms with Crippen LogP contribution in [0.15, 0.2) is 23.3 Å². The molecule has 0 amide bonds. The normalized spacial score (nSPS) is 44.0. The Balaban J connectivity index is 0.000000200. The van der Waals surface area contributed by atoms with Crippen LogP contribution in [-0.4, -0.2) is 22.1 Å². The summed E-state index contributed by atoms with van der Waals surface area (Å²) in [5.41, 5.74) is 2.35. The van der Waals surface area contributed by atoms with Gasteiger partial charge in [0.15, 0.2) is 0 Å². The van der Waals surface area contributed by atoms with Crippen LogP contribution in [0.1, 0.15) is 145 Å². The number of carboxylic acid groups (broad SMARTS) is 2. The first-order valence-electron chi connectivity index (χ1n) is 18.4. The van der Waals surface area contributed by atoms with Crippen molar-refractivity contribution in [2.75, 3.05) is 0 Å². The molecule has 5 heteroatoms. The van der Waals surface area contributed by atoms with Crippen LogP contribution >= 0.6 is 0 Å². The zero-order valence-electron chi connectivity index (χ0n) is 30.0. The summed E-state index contributed by atoms with van der Waals surface area (Å²) in [5.74, 6) is 3.23. The van der Waals surface area contributed by atoms with Crippen LogP contribution in [0.3, 0.4) is 0 Å². The molecule has 0 aromatic carbocycles. The maximum absolute atomic E-state index is 11.8. The van der Waals surface area contributed by atoms with Gasteiger partial charge >= 0.3 is 10.1 Å². The van der Waals surface area contributed by atoms with E-state index < -0.39 is 22.8 Å². The van der Waals surface area contributed by atoms with Gasteiger partial charge in [-0.25, -0.2) is 0 Å². The molecule has 0 aliphatic heterocycles. The number of hydrogen-bond donors (Lipinski definition) is 0. The van der Waals surface area contributed by atoms with Crippen molar-refractivity contribution < 1.29 is 19.8 Å². The molecule has 0 saturated heterocycles. The standard InChI is InChI=1S/2C20H32O2.Be/c2*1-13(2)14-6-8-16-15(12-14)7-9-17-19(16,3)10-5-11-20(17,4)18(21)22;/h2*7,13-14,16-17H,5-6,8-12H2,1-4H3,(H,21,22);/q;;+2/p-2/t2*14?,16-,17?,19+,20+;/m00./s1. The molecule has 4 unspecified atom stereocenters. The van der Waals surface area contributed by atoms with Gasteiger partial charge in [-0.2, -0.15) is 0 Å². The molecule has 4 saturated carbocycles. The van der Waals surface area contributed by atoms with Gasteiger partial charge in [0.05, 0.1) is 0 Å². The summed E-state index contributed by atoms with van der Waals surface area (Å²) in [7, 11) is 0. The molecule has 0 spiro atoms. The molecule has 0 aromatic rings. The first-order chi connectivity index (χ1) is 20.6. The summed E-state index contributed by atoms with van der Waals surface area (Å²) < 4.78 is 0. The quantitative estimate of drug-likeness (QED) is 0.242. The molecule has 4 fully saturated rings. The third-order valence-corrected chi connectivity index (χ3v) is 15.1. The Morgan fingerprint density at radius 3 is 1.31 bits per heavy atom. The van der Waals surface area contributed by atoms with Gasteiger partial charge in [0, 0.05) is 22.8 Å². The van der Waals surface area contributed by atoms with Crippen molar-refractivity contribution in [2.24, 2.45) is 69.0 Å². The Bertz CT molecular complexity index is 1080. The first kappa shape index (κ1) is 36.4. The summed E-state index contributed by atoms with van der Waals surface area (Å²) in [5, 5.41) is 23.7. The third-order valence-electron chi connectivity index (χ3n) is 15.1. The van der Waals surface area contributed by atoms with Crippen molar-refractivity contribution in [1.29, 1.82) is 0 Å². The van der Waals surface area contributed by atoms with Crippen LogP contribution in [0, 0.1) is 69.0 Å². The van der Waals surface area contributed by atoms with Crippen LogP contribution in [0.4, 0.5) is 0 Å². The maximum atomic E-state index is 11.8. The van der Waals surface area contributed by atoms with Gasteiger partial charge in [0.25, 0.3) is 0 Å². The predicted molar refractivity (Wildman–Crippen MR) is 180 cm³/mol. The van der Waals surface area contributed by atoms with E-state index in [0.717, 1.165) is 62.2 Å². The predicted octanol–water partition coefficient (Wildman–Crippen LogP) is 7.52. The fourth-order valence-corrected chi connectivity index (χ4v) is 12.1. The zero-order valence-corrected chi connectivity index (χ0v) is 30.0. The van der Waals surface area contributed by atoms with Gasteiger partial charge in [-0.3, -0.25) is 0 Å². The molecule has 0 radical (unpaired) electrons. The number of fused-ring (bicyclic) bond motifs is 6. The van der Waals surface area contributed by atoms with Crippen LogP contribution in [0.5, 0.6) is 0 Å². The minimum absolute atomic E-state index is 0. The minimum atomic E-state index is -0.823. The maximum Gasteiger partial charge on any atom is 2.00 e. The molecule has 6 rings (SSSR count). The van der Waals surface area contributed by atoms with E-state index in [4.69, 9.17) is 0 Å². The number of aliphatic carboxylic acids is 2. The van der Waals surface area contributed by atoms with Gasteiger partial charge in [-0.15, -0.1) is 0 Å². The van der Waals surface area contributed by atoms with E-state index in [1.807, 2.05) is 13.8 Å². The van der Waals surface area contributed by atoms with Crippen molar-refractivity contribution in [3.8, 4) is 0 Å². The third kappa shape index (κ3) is 6.18. The number of carbonyl (C=O) groups is 2. The summed E-state index contributed by atoms with van der Waals surface area (Å²) in [4.78, 5) is 23.7. The number of hydrogen-bond acceptors (Lipinski definition) is 4. The average molecular weight is 616 g/mol. The van der Waals surface area contributed by atoms with E-state index in [-0.39, 0.29) is 32.8 Å². The van der Waals surface area contributed by atoms with Crippen LogP contribution in [0.2, 0.25) is 0 Å². The molecule has 6 aliphatic rings. The van der Waals surface area contributed by atoms with Crippen molar-refractivity contribution in [1.82, 2.24) is 0 Å². The van der Waals surface area contributed by atoms with Crippen LogP contribution in [0.25, 0.3) is 0 Å². The molecule has 4 nitrogen and oxygen atoms in total. The average Bonchev–Trinajstić information content (AvgIpc) is 2.96. The monoisotopic (exact) mass is 615 g/mol. The summed E-state index contributed by atoms with van der Waals surface area (Å²) in [6.07, 6.45) is 20.4. The number of carbonyl (C=O) groups excluding carboxylic acids is 2. The second-order valence-corrected chi connectivity index (χ2v) is 17.9. The van der Waals surface area contributed by atoms with Crippen molar-refractivity contribution in [2.45, 2.75) is 145 Å². The van der Waals surface area contributed by atoms with E-state index in [0.29, 0.717) is 11.8 Å². The van der Waals surface area contributed by atoms with Gasteiger partial charge in [0.2, 0.25) is 0 Å². The molecular weight excluding hydrogens is 553 g/mol. The second-order valence-electron chi connectivity index (χ2n) is 17.9. The molecule has 0 bridgehead atoms. The molecular formula is C40H62BeO4. The first-order valence-corrected chi connectivity index (χ1v) is 18.4. The topological polar surface area (TPSA) is 80.3 Å². The zero-order chi connectivity index (χ0) is 32.2. The number of allylic oxidation sites excluding steroid dienone is 4. The van der Waals surface area contributed by atoms with Crippen LogP contribution in [-0.2, 0) is 9.59 Å². The van der Waals surface area contributed by atoms with Crippen molar-refractivity contribution in [3.05, 3.63) is 23.3 Å². The van der Waals surface area contributed by atoms with E-state index in [1.165, 1.54) is 51.4 Å². The summed E-state index contributed by atoms with van der Waals surface area (Å²) in [6.45, 7) is 18.0. The number of carboxylic acids is 2. The van der Waals surface area contributed by atoms with Gasteiger partial charge in [-0.1, -0.05) is 91.5 Å². The molecule has 6 aliphatic carbocycles. The molecule has 0 aromatic heterocycles. The Morgan fingerprint density at radius 2 is 1.00 bits per heavy atom. The van der Waals surface area contributed by atoms with E-state index in [2.05, 4.69) is 53.7 Å². The summed E-state index contributed by atoms with van der Waals surface area (Å²) in [6, 6.07) is 0. The van der Waals surface area contributed by atoms with E-state index >= 15 is 0 Å². The fraction of sp³-hybridized carbons (Fsp3) is 0.850. The Morgan fingerprint density at radius 1 is 0.644 bits per heavy atom. The molecule has 0 N–H and O–H groups in total. The second kappa shape index (κ2) is 13.2. The van der Waals surface area contributed by atoms with Crippen molar-refractivity contribution in [3.63, 3.8) is 0 Å². The molecule has 45 heavy (non-hydrogen) atoms. The minimum Gasteiger partial charge on any atom is -0.550 e.